The molecule has 0 N–H and O–H groups in total. The van der Waals surface area contributed by atoms with Crippen molar-refractivity contribution in [3.63, 3.8) is 0 Å². The number of rotatable bonds is 6. The second-order valence-corrected chi connectivity index (χ2v) is 7.60. The first-order valence-electron chi connectivity index (χ1n) is 10.4. The van der Waals surface area contributed by atoms with E-state index < -0.39 is 0 Å². The van der Waals surface area contributed by atoms with Gasteiger partial charge in [0.25, 0.3) is 5.91 Å². The summed E-state index contributed by atoms with van der Waals surface area (Å²) in [6.45, 7) is 5.62. The van der Waals surface area contributed by atoms with E-state index in [0.717, 1.165) is 18.8 Å². The van der Waals surface area contributed by atoms with Gasteiger partial charge in [0.15, 0.2) is 6.61 Å². The number of nitrogens with zero attached hydrogens (tertiary/aromatic N) is 3. The summed E-state index contributed by atoms with van der Waals surface area (Å²) in [7, 11) is 0. The minimum Gasteiger partial charge on any atom is -0.477 e. The zero-order valence-electron chi connectivity index (χ0n) is 17.3. The topological polar surface area (TPSA) is 75.5 Å². The van der Waals surface area contributed by atoms with E-state index in [1.165, 1.54) is 24.5 Å². The van der Waals surface area contributed by atoms with Crippen LogP contribution < -0.4 is 15.1 Å². The first kappa shape index (κ1) is 21.3. The van der Waals surface area contributed by atoms with Gasteiger partial charge in [-0.05, 0) is 24.3 Å². The minimum absolute atomic E-state index is 0.0315. The molecule has 1 aromatic carbocycles. The molecule has 1 aromatic heterocycles. The maximum Gasteiger partial charge on any atom is 0.260 e. The second kappa shape index (κ2) is 9.93. The number of piperazine rings is 1. The lowest BCUT2D eigenvalue weighted by atomic mass is 10.2. The number of morpholine rings is 1. The third kappa shape index (κ3) is 5.62. The third-order valence-electron chi connectivity index (χ3n) is 5.51. The highest BCUT2D eigenvalue weighted by atomic mass is 19.1. The quantitative estimate of drug-likeness (QED) is 0.683. The van der Waals surface area contributed by atoms with E-state index in [2.05, 4.69) is 9.80 Å². The number of halogens is 1. The van der Waals surface area contributed by atoms with Gasteiger partial charge in [0.2, 0.25) is 11.2 Å². The van der Waals surface area contributed by atoms with Gasteiger partial charge in [0.05, 0.1) is 19.8 Å². The lowest BCUT2D eigenvalue weighted by molar-refractivity contribution is -0.133. The standard InChI is InChI=1S/C22H26FN3O5/c23-17-1-3-18(4-2-17)25-5-7-26(8-6-25)22(28)16-31-21-15-30-19(13-20(21)27)14-24-9-11-29-12-10-24/h1-4,13,15H,5-12,14,16H2. The molecule has 0 saturated carbocycles. The van der Waals surface area contributed by atoms with Crippen LogP contribution in [-0.4, -0.2) is 74.8 Å². The molecule has 0 aliphatic carbocycles. The van der Waals surface area contributed by atoms with Crippen LogP contribution in [-0.2, 0) is 16.1 Å². The first-order chi connectivity index (χ1) is 15.1. The summed E-state index contributed by atoms with van der Waals surface area (Å²) in [6.07, 6.45) is 1.28. The Labute approximate surface area is 179 Å². The predicted molar refractivity (Wildman–Crippen MR) is 112 cm³/mol. The summed E-state index contributed by atoms with van der Waals surface area (Å²) < 4.78 is 29.4. The van der Waals surface area contributed by atoms with Crippen LogP contribution in [0.3, 0.4) is 0 Å². The van der Waals surface area contributed by atoms with Crippen LogP contribution in [0.4, 0.5) is 10.1 Å². The van der Waals surface area contributed by atoms with E-state index in [1.54, 1.807) is 17.0 Å². The Morgan fingerprint density at radius 1 is 1.03 bits per heavy atom. The fourth-order valence-electron chi connectivity index (χ4n) is 3.70. The van der Waals surface area contributed by atoms with E-state index in [9.17, 15) is 14.0 Å². The number of ether oxygens (including phenoxy) is 2. The number of amides is 1. The highest BCUT2D eigenvalue weighted by Gasteiger charge is 2.22. The van der Waals surface area contributed by atoms with Crippen molar-refractivity contribution in [3.05, 3.63) is 58.4 Å². The Bertz CT molecular complexity index is 935. The van der Waals surface area contributed by atoms with Crippen molar-refractivity contribution < 1.29 is 23.1 Å². The maximum atomic E-state index is 13.1. The van der Waals surface area contributed by atoms with Crippen LogP contribution in [0.2, 0.25) is 0 Å². The van der Waals surface area contributed by atoms with E-state index in [4.69, 9.17) is 13.9 Å². The van der Waals surface area contributed by atoms with Crippen molar-refractivity contribution >= 4 is 11.6 Å². The van der Waals surface area contributed by atoms with Crippen LogP contribution in [0.1, 0.15) is 5.76 Å². The van der Waals surface area contributed by atoms with E-state index >= 15 is 0 Å². The summed E-state index contributed by atoms with van der Waals surface area (Å²) in [5.74, 6) is 0.135. The zero-order valence-corrected chi connectivity index (χ0v) is 17.3. The first-order valence-corrected chi connectivity index (χ1v) is 10.4. The third-order valence-corrected chi connectivity index (χ3v) is 5.51. The molecule has 8 nitrogen and oxygen atoms in total. The lowest BCUT2D eigenvalue weighted by Crippen LogP contribution is -2.50. The molecule has 4 rings (SSSR count). The maximum absolute atomic E-state index is 13.1. The number of carbonyl (C=O) groups excluding carboxylic acids is 1. The van der Waals surface area contributed by atoms with Gasteiger partial charge in [-0.1, -0.05) is 0 Å². The Hall–Kier alpha value is -2.91. The molecule has 2 saturated heterocycles. The summed E-state index contributed by atoms with van der Waals surface area (Å²) in [5.41, 5.74) is 0.628. The van der Waals surface area contributed by atoms with E-state index in [1.807, 2.05) is 0 Å². The summed E-state index contributed by atoms with van der Waals surface area (Å²) in [4.78, 5) is 30.7. The molecule has 0 bridgehead atoms. The van der Waals surface area contributed by atoms with Crippen LogP contribution in [0, 0.1) is 5.82 Å². The van der Waals surface area contributed by atoms with Gasteiger partial charge >= 0.3 is 0 Å². The highest BCUT2D eigenvalue weighted by Crippen LogP contribution is 2.17. The van der Waals surface area contributed by atoms with Crippen molar-refractivity contribution in [1.29, 1.82) is 0 Å². The minimum atomic E-state index is -0.302. The SMILES string of the molecule is O=C(COc1coc(CN2CCOCC2)cc1=O)N1CCN(c2ccc(F)cc2)CC1. The molecular weight excluding hydrogens is 405 g/mol. The molecule has 166 valence electrons. The fourth-order valence-corrected chi connectivity index (χ4v) is 3.70. The van der Waals surface area contributed by atoms with Crippen LogP contribution in [0.5, 0.6) is 5.75 Å². The van der Waals surface area contributed by atoms with Gasteiger partial charge in [-0.25, -0.2) is 4.39 Å². The number of anilines is 1. The average molecular weight is 431 g/mol. The van der Waals surface area contributed by atoms with Gasteiger partial charge in [-0.2, -0.15) is 0 Å². The fraction of sp³-hybridized carbons (Fsp3) is 0.455. The van der Waals surface area contributed by atoms with Crippen LogP contribution in [0.25, 0.3) is 0 Å². The Morgan fingerprint density at radius 2 is 1.74 bits per heavy atom. The number of benzene rings is 1. The molecule has 31 heavy (non-hydrogen) atoms. The molecule has 0 atom stereocenters. The van der Waals surface area contributed by atoms with Crippen molar-refractivity contribution in [1.82, 2.24) is 9.80 Å². The van der Waals surface area contributed by atoms with Gasteiger partial charge in [0, 0.05) is 51.0 Å². The largest absolute Gasteiger partial charge is 0.477 e. The molecule has 1 amide bonds. The number of hydrogen-bond donors (Lipinski definition) is 0. The molecule has 0 radical (unpaired) electrons. The highest BCUT2D eigenvalue weighted by molar-refractivity contribution is 5.78. The molecule has 2 aliphatic rings. The monoisotopic (exact) mass is 431 g/mol. The molecule has 0 unspecified atom stereocenters. The number of carbonyl (C=O) groups is 1. The van der Waals surface area contributed by atoms with Crippen molar-refractivity contribution in [2.75, 3.05) is 64.0 Å². The average Bonchev–Trinajstić information content (AvgIpc) is 2.80. The van der Waals surface area contributed by atoms with Gasteiger partial charge in [0.1, 0.15) is 17.8 Å². The molecule has 2 aromatic rings. The molecular formula is C22H26FN3O5. The van der Waals surface area contributed by atoms with Crippen molar-refractivity contribution in [2.45, 2.75) is 6.54 Å². The van der Waals surface area contributed by atoms with Gasteiger partial charge in [-0.15, -0.1) is 0 Å². The summed E-state index contributed by atoms with van der Waals surface area (Å²) in [6, 6.07) is 7.74. The lowest BCUT2D eigenvalue weighted by Gasteiger charge is -2.36. The second-order valence-electron chi connectivity index (χ2n) is 7.60. The van der Waals surface area contributed by atoms with E-state index in [0.29, 0.717) is 51.7 Å². The Kier molecular flexibility index (Phi) is 6.83. The molecule has 2 aliphatic heterocycles. The Morgan fingerprint density at radius 3 is 2.42 bits per heavy atom. The van der Waals surface area contributed by atoms with Gasteiger partial charge in [-0.3, -0.25) is 14.5 Å². The summed E-state index contributed by atoms with van der Waals surface area (Å²) in [5, 5.41) is 0. The van der Waals surface area contributed by atoms with Gasteiger partial charge < -0.3 is 23.7 Å². The Balaban J connectivity index is 1.25. The predicted octanol–water partition coefficient (Wildman–Crippen LogP) is 1.34. The van der Waals surface area contributed by atoms with Crippen LogP contribution >= 0.6 is 0 Å². The smallest absolute Gasteiger partial charge is 0.260 e. The normalized spacial score (nSPS) is 17.6. The van der Waals surface area contributed by atoms with Crippen molar-refractivity contribution in [2.24, 2.45) is 0 Å². The summed E-state index contributed by atoms with van der Waals surface area (Å²) >= 11 is 0. The van der Waals surface area contributed by atoms with Crippen LogP contribution in [0.15, 0.2) is 45.8 Å². The number of hydrogen-bond acceptors (Lipinski definition) is 7. The zero-order chi connectivity index (χ0) is 21.6. The molecule has 9 heteroatoms. The molecule has 2 fully saturated rings. The molecule has 0 spiro atoms. The van der Waals surface area contributed by atoms with Crippen molar-refractivity contribution in [3.8, 4) is 5.75 Å². The van der Waals surface area contributed by atoms with E-state index in [-0.39, 0.29) is 29.5 Å². The molecule has 3 heterocycles.